The van der Waals surface area contributed by atoms with Crippen molar-refractivity contribution in [3.05, 3.63) is 47.3 Å². The van der Waals surface area contributed by atoms with Gasteiger partial charge in [0.05, 0.1) is 7.11 Å². The predicted molar refractivity (Wildman–Crippen MR) is 83.1 cm³/mol. The summed E-state index contributed by atoms with van der Waals surface area (Å²) in [4.78, 5) is 4.36. The number of hydrogen-bond acceptors (Lipinski definition) is 3. The van der Waals surface area contributed by atoms with E-state index in [2.05, 4.69) is 49.3 Å². The largest absolute Gasteiger partial charge is 0.496 e. The molecule has 0 aliphatic rings. The molecular formula is C17H22N2O. The quantitative estimate of drug-likeness (QED) is 0.903. The zero-order valence-corrected chi connectivity index (χ0v) is 12.7. The molecule has 1 aromatic carbocycles. The van der Waals surface area contributed by atoms with Crippen LogP contribution >= 0.6 is 0 Å². The first kappa shape index (κ1) is 14.5. The number of hydrogen-bond donors (Lipinski definition) is 1. The highest BCUT2D eigenvalue weighted by atomic mass is 16.5. The van der Waals surface area contributed by atoms with Gasteiger partial charge in [0.25, 0.3) is 0 Å². The Labute approximate surface area is 121 Å². The molecule has 106 valence electrons. The third-order valence-corrected chi connectivity index (χ3v) is 3.43. The number of rotatable bonds is 5. The van der Waals surface area contributed by atoms with E-state index in [1.165, 1.54) is 16.7 Å². The molecule has 2 aromatic rings. The molecule has 3 nitrogen and oxygen atoms in total. The van der Waals surface area contributed by atoms with E-state index in [4.69, 9.17) is 4.74 Å². The van der Waals surface area contributed by atoms with Crippen LogP contribution in [0.5, 0.6) is 5.75 Å². The molecule has 0 unspecified atom stereocenters. The van der Waals surface area contributed by atoms with E-state index >= 15 is 0 Å². The predicted octanol–water partition coefficient (Wildman–Crippen LogP) is 3.48. The highest BCUT2D eigenvalue weighted by molar-refractivity contribution is 5.69. The summed E-state index contributed by atoms with van der Waals surface area (Å²) in [5, 5.41) is 3.33. The van der Waals surface area contributed by atoms with E-state index in [-0.39, 0.29) is 0 Å². The monoisotopic (exact) mass is 270 g/mol. The van der Waals surface area contributed by atoms with E-state index in [1.54, 1.807) is 7.11 Å². The summed E-state index contributed by atoms with van der Waals surface area (Å²) < 4.78 is 5.37. The summed E-state index contributed by atoms with van der Waals surface area (Å²) in [6.45, 7) is 8.09. The third kappa shape index (κ3) is 3.17. The van der Waals surface area contributed by atoms with Crippen molar-refractivity contribution in [2.75, 3.05) is 13.7 Å². The Balaban J connectivity index is 2.38. The summed E-state index contributed by atoms with van der Waals surface area (Å²) in [6, 6.07) is 6.45. The van der Waals surface area contributed by atoms with Crippen molar-refractivity contribution in [3.8, 4) is 16.9 Å². The Hall–Kier alpha value is -1.87. The number of benzene rings is 1. The summed E-state index contributed by atoms with van der Waals surface area (Å²) >= 11 is 0. The van der Waals surface area contributed by atoms with Crippen molar-refractivity contribution >= 4 is 0 Å². The second kappa shape index (κ2) is 6.53. The first-order valence-electron chi connectivity index (χ1n) is 6.96. The minimum absolute atomic E-state index is 0.853. The van der Waals surface area contributed by atoms with Crippen LogP contribution in [-0.4, -0.2) is 18.6 Å². The molecule has 0 amide bonds. The SMILES string of the molecule is CCNCc1cncc(-c2cc(C)c(OC)cc2C)c1. The van der Waals surface area contributed by atoms with Gasteiger partial charge >= 0.3 is 0 Å². The Bertz CT molecular complexity index is 594. The van der Waals surface area contributed by atoms with E-state index in [9.17, 15) is 0 Å². The van der Waals surface area contributed by atoms with E-state index in [0.717, 1.165) is 30.0 Å². The van der Waals surface area contributed by atoms with Crippen LogP contribution < -0.4 is 10.1 Å². The van der Waals surface area contributed by atoms with Crippen molar-refractivity contribution in [1.29, 1.82) is 0 Å². The van der Waals surface area contributed by atoms with Gasteiger partial charge in [-0.25, -0.2) is 0 Å². The average molecular weight is 270 g/mol. The highest BCUT2D eigenvalue weighted by Gasteiger charge is 2.08. The van der Waals surface area contributed by atoms with E-state index in [1.807, 2.05) is 12.4 Å². The van der Waals surface area contributed by atoms with Gasteiger partial charge in [-0.1, -0.05) is 6.92 Å². The van der Waals surface area contributed by atoms with Crippen LogP contribution in [0.4, 0.5) is 0 Å². The zero-order valence-electron chi connectivity index (χ0n) is 12.7. The van der Waals surface area contributed by atoms with Gasteiger partial charge in [0.1, 0.15) is 5.75 Å². The van der Waals surface area contributed by atoms with Crippen LogP contribution in [0.15, 0.2) is 30.6 Å². The topological polar surface area (TPSA) is 34.2 Å². The average Bonchev–Trinajstić information content (AvgIpc) is 2.47. The molecule has 0 atom stereocenters. The molecule has 0 fully saturated rings. The normalized spacial score (nSPS) is 10.6. The Morgan fingerprint density at radius 2 is 1.90 bits per heavy atom. The van der Waals surface area contributed by atoms with Crippen molar-refractivity contribution in [2.45, 2.75) is 27.3 Å². The van der Waals surface area contributed by atoms with E-state index < -0.39 is 0 Å². The van der Waals surface area contributed by atoms with Gasteiger partial charge in [-0.15, -0.1) is 0 Å². The molecule has 2 rings (SSSR count). The standard InChI is InChI=1S/C17H22N2O/c1-5-18-9-14-8-15(11-19-10-14)16-6-13(3)17(20-4)7-12(16)2/h6-8,10-11,18H,5,9H2,1-4H3. The van der Waals surface area contributed by atoms with Crippen molar-refractivity contribution in [1.82, 2.24) is 10.3 Å². The van der Waals surface area contributed by atoms with Gasteiger partial charge < -0.3 is 10.1 Å². The zero-order chi connectivity index (χ0) is 14.5. The van der Waals surface area contributed by atoms with Gasteiger partial charge in [-0.05, 0) is 60.8 Å². The molecule has 0 saturated heterocycles. The molecule has 0 saturated carbocycles. The van der Waals surface area contributed by atoms with Gasteiger partial charge in [-0.3, -0.25) is 4.98 Å². The summed E-state index contributed by atoms with van der Waals surface area (Å²) in [6.07, 6.45) is 3.83. The van der Waals surface area contributed by atoms with Crippen LogP contribution in [0.1, 0.15) is 23.6 Å². The fourth-order valence-electron chi connectivity index (χ4n) is 2.32. The maximum Gasteiger partial charge on any atom is 0.122 e. The minimum Gasteiger partial charge on any atom is -0.496 e. The number of aryl methyl sites for hydroxylation is 2. The number of nitrogens with zero attached hydrogens (tertiary/aromatic N) is 1. The molecule has 1 heterocycles. The van der Waals surface area contributed by atoms with Crippen LogP contribution in [0.2, 0.25) is 0 Å². The second-order valence-corrected chi connectivity index (χ2v) is 5.00. The number of pyridine rings is 1. The minimum atomic E-state index is 0.853. The molecule has 0 spiro atoms. The first-order valence-corrected chi connectivity index (χ1v) is 6.96. The van der Waals surface area contributed by atoms with E-state index in [0.29, 0.717) is 0 Å². The van der Waals surface area contributed by atoms with Gasteiger partial charge in [0.2, 0.25) is 0 Å². The fraction of sp³-hybridized carbons (Fsp3) is 0.353. The molecule has 20 heavy (non-hydrogen) atoms. The van der Waals surface area contributed by atoms with Gasteiger partial charge in [-0.2, -0.15) is 0 Å². The number of methoxy groups -OCH3 is 1. The molecule has 0 radical (unpaired) electrons. The summed E-state index contributed by atoms with van der Waals surface area (Å²) in [5.41, 5.74) is 5.93. The van der Waals surface area contributed by atoms with Crippen molar-refractivity contribution in [2.24, 2.45) is 0 Å². The highest BCUT2D eigenvalue weighted by Crippen LogP contribution is 2.30. The number of ether oxygens (including phenoxy) is 1. The number of nitrogens with one attached hydrogen (secondary N) is 1. The Morgan fingerprint density at radius 1 is 1.10 bits per heavy atom. The van der Waals surface area contributed by atoms with Crippen molar-refractivity contribution < 1.29 is 4.74 Å². The van der Waals surface area contributed by atoms with Crippen LogP contribution in [-0.2, 0) is 6.54 Å². The molecule has 0 aliphatic heterocycles. The fourth-order valence-corrected chi connectivity index (χ4v) is 2.32. The number of aromatic nitrogens is 1. The lowest BCUT2D eigenvalue weighted by Crippen LogP contribution is -2.11. The molecule has 1 aromatic heterocycles. The van der Waals surface area contributed by atoms with Gasteiger partial charge in [0.15, 0.2) is 0 Å². The lowest BCUT2D eigenvalue weighted by molar-refractivity contribution is 0.411. The maximum atomic E-state index is 5.37. The lowest BCUT2D eigenvalue weighted by Gasteiger charge is -2.12. The first-order chi connectivity index (χ1) is 9.65. The molecule has 3 heteroatoms. The van der Waals surface area contributed by atoms with Crippen molar-refractivity contribution in [3.63, 3.8) is 0 Å². The molecule has 1 N–H and O–H groups in total. The molecule has 0 aliphatic carbocycles. The second-order valence-electron chi connectivity index (χ2n) is 5.00. The van der Waals surface area contributed by atoms with Crippen LogP contribution in [0.25, 0.3) is 11.1 Å². The molecule has 0 bridgehead atoms. The Morgan fingerprint density at radius 3 is 2.60 bits per heavy atom. The third-order valence-electron chi connectivity index (χ3n) is 3.43. The Kier molecular flexibility index (Phi) is 4.74. The maximum absolute atomic E-state index is 5.37. The van der Waals surface area contributed by atoms with Crippen LogP contribution in [0, 0.1) is 13.8 Å². The van der Waals surface area contributed by atoms with Gasteiger partial charge in [0, 0.05) is 24.5 Å². The smallest absolute Gasteiger partial charge is 0.122 e. The lowest BCUT2D eigenvalue weighted by atomic mass is 9.98. The summed E-state index contributed by atoms with van der Waals surface area (Å²) in [7, 11) is 1.71. The molecular weight excluding hydrogens is 248 g/mol. The summed E-state index contributed by atoms with van der Waals surface area (Å²) in [5.74, 6) is 0.933. The van der Waals surface area contributed by atoms with Crippen LogP contribution in [0.3, 0.4) is 0 Å².